The Morgan fingerprint density at radius 1 is 0.967 bits per heavy atom. The lowest BCUT2D eigenvalue weighted by Gasteiger charge is -2.16. The molecule has 1 aromatic heterocycles. The lowest BCUT2D eigenvalue weighted by Crippen LogP contribution is -2.09. The molecule has 0 aliphatic rings. The van der Waals surface area contributed by atoms with Crippen LogP contribution in [-0.4, -0.2) is 26.8 Å². The molecule has 9 heteroatoms. The van der Waals surface area contributed by atoms with Crippen molar-refractivity contribution in [3.05, 3.63) is 66.5 Å². The summed E-state index contributed by atoms with van der Waals surface area (Å²) < 4.78 is 44.6. The number of pyridine rings is 1. The Morgan fingerprint density at radius 2 is 1.70 bits per heavy atom. The zero-order chi connectivity index (χ0) is 20.6. The van der Waals surface area contributed by atoms with Crippen LogP contribution >= 0.6 is 12.4 Å². The van der Waals surface area contributed by atoms with E-state index in [1.807, 2.05) is 24.3 Å². The molecule has 2 N–H and O–H groups in total. The minimum Gasteiger partial charge on any atom is -0.494 e. The number of hydrogen-bond acceptors (Lipinski definition) is 5. The Bertz CT molecular complexity index is 1350. The van der Waals surface area contributed by atoms with E-state index < -0.39 is 10.0 Å². The predicted molar refractivity (Wildman–Crippen MR) is 121 cm³/mol. The minimum absolute atomic E-state index is 0. The van der Waals surface area contributed by atoms with E-state index in [0.29, 0.717) is 22.6 Å². The Balaban J connectivity index is 0.00000256. The number of methoxy groups -OCH3 is 1. The highest BCUT2D eigenvalue weighted by Crippen LogP contribution is 2.37. The van der Waals surface area contributed by atoms with Crippen LogP contribution < -0.4 is 14.8 Å². The van der Waals surface area contributed by atoms with Gasteiger partial charge in [0, 0.05) is 22.9 Å². The SMILES string of the molecule is COc1cc(NS(C)(=O)=O)ccc1Nc1c2ccccc2nc2cc(F)ccc12.Cl. The summed E-state index contributed by atoms with van der Waals surface area (Å²) in [5.74, 6) is 0.0924. The largest absolute Gasteiger partial charge is 0.494 e. The molecule has 0 radical (unpaired) electrons. The maximum absolute atomic E-state index is 13.8. The molecule has 30 heavy (non-hydrogen) atoms. The molecule has 0 amide bonds. The molecule has 156 valence electrons. The van der Waals surface area contributed by atoms with Gasteiger partial charge in [-0.15, -0.1) is 12.4 Å². The second-order valence-corrected chi connectivity index (χ2v) is 8.33. The van der Waals surface area contributed by atoms with Crippen LogP contribution in [0, 0.1) is 5.82 Å². The molecule has 0 atom stereocenters. The average molecular weight is 448 g/mol. The van der Waals surface area contributed by atoms with Crippen LogP contribution in [0.2, 0.25) is 0 Å². The van der Waals surface area contributed by atoms with Crippen molar-refractivity contribution in [3.63, 3.8) is 0 Å². The van der Waals surface area contributed by atoms with E-state index in [2.05, 4.69) is 15.0 Å². The van der Waals surface area contributed by atoms with Crippen LogP contribution in [0.1, 0.15) is 0 Å². The first-order valence-electron chi connectivity index (χ1n) is 8.75. The van der Waals surface area contributed by atoms with E-state index in [4.69, 9.17) is 4.74 Å². The zero-order valence-corrected chi connectivity index (χ0v) is 17.8. The van der Waals surface area contributed by atoms with Gasteiger partial charge in [-0.2, -0.15) is 0 Å². The summed E-state index contributed by atoms with van der Waals surface area (Å²) in [4.78, 5) is 4.55. The second kappa shape index (κ2) is 8.33. The lowest BCUT2D eigenvalue weighted by molar-refractivity contribution is 0.417. The Labute approximate surface area is 179 Å². The molecule has 0 saturated heterocycles. The molecular formula is C21H19ClFN3O3S. The van der Waals surface area contributed by atoms with Crippen molar-refractivity contribution in [2.75, 3.05) is 23.4 Å². The Kier molecular flexibility index (Phi) is 6.00. The summed E-state index contributed by atoms with van der Waals surface area (Å²) in [7, 11) is -1.90. The normalized spacial score (nSPS) is 11.2. The quantitative estimate of drug-likeness (QED) is 0.417. The van der Waals surface area contributed by atoms with E-state index in [1.54, 1.807) is 24.3 Å². The van der Waals surface area contributed by atoms with Gasteiger partial charge in [-0.05, 0) is 30.3 Å². The topological polar surface area (TPSA) is 80.3 Å². The van der Waals surface area contributed by atoms with Crippen molar-refractivity contribution in [1.29, 1.82) is 0 Å². The molecule has 4 rings (SSSR count). The monoisotopic (exact) mass is 447 g/mol. The number of ether oxygens (including phenoxy) is 1. The van der Waals surface area contributed by atoms with Gasteiger partial charge in [0.05, 0.1) is 41.5 Å². The molecule has 0 aliphatic carbocycles. The molecule has 0 saturated carbocycles. The molecule has 0 spiro atoms. The number of halogens is 2. The highest BCUT2D eigenvalue weighted by molar-refractivity contribution is 7.92. The smallest absolute Gasteiger partial charge is 0.229 e. The summed E-state index contributed by atoms with van der Waals surface area (Å²) in [5.41, 5.74) is 3.03. The van der Waals surface area contributed by atoms with Crippen molar-refractivity contribution in [2.24, 2.45) is 0 Å². The van der Waals surface area contributed by atoms with Crippen LogP contribution in [0.15, 0.2) is 60.7 Å². The van der Waals surface area contributed by atoms with Crippen LogP contribution in [-0.2, 0) is 10.0 Å². The van der Waals surface area contributed by atoms with E-state index in [9.17, 15) is 12.8 Å². The van der Waals surface area contributed by atoms with Crippen LogP contribution in [0.4, 0.5) is 21.5 Å². The number of sulfonamides is 1. The van der Waals surface area contributed by atoms with E-state index in [1.165, 1.54) is 19.2 Å². The maximum atomic E-state index is 13.8. The summed E-state index contributed by atoms with van der Waals surface area (Å²) in [6.45, 7) is 0. The van der Waals surface area contributed by atoms with Crippen molar-refractivity contribution in [2.45, 2.75) is 0 Å². The molecule has 0 bridgehead atoms. The van der Waals surface area contributed by atoms with Gasteiger partial charge < -0.3 is 10.1 Å². The third-order valence-corrected chi connectivity index (χ3v) is 5.01. The number of nitrogens with one attached hydrogen (secondary N) is 2. The van der Waals surface area contributed by atoms with Gasteiger partial charge in [-0.3, -0.25) is 4.72 Å². The predicted octanol–water partition coefficient (Wildman–Crippen LogP) is 5.07. The standard InChI is InChI=1S/C21H18FN3O3S.ClH/c1-28-20-12-14(25-29(2,26)27)8-10-18(20)24-21-15-5-3-4-6-17(15)23-19-11-13(22)7-9-16(19)21;/h3-12,25H,1-2H3,(H,23,24);1H. The fourth-order valence-electron chi connectivity index (χ4n) is 3.21. The fourth-order valence-corrected chi connectivity index (χ4v) is 3.76. The summed E-state index contributed by atoms with van der Waals surface area (Å²) in [6, 6.07) is 17.0. The van der Waals surface area contributed by atoms with Crippen molar-refractivity contribution < 1.29 is 17.5 Å². The van der Waals surface area contributed by atoms with Gasteiger partial charge in [0.2, 0.25) is 10.0 Å². The van der Waals surface area contributed by atoms with Gasteiger partial charge in [-0.25, -0.2) is 17.8 Å². The number of rotatable bonds is 5. The van der Waals surface area contributed by atoms with Crippen molar-refractivity contribution in [1.82, 2.24) is 4.98 Å². The highest BCUT2D eigenvalue weighted by Gasteiger charge is 2.13. The van der Waals surface area contributed by atoms with Crippen LogP contribution in [0.3, 0.4) is 0 Å². The van der Waals surface area contributed by atoms with Crippen molar-refractivity contribution in [3.8, 4) is 5.75 Å². The van der Waals surface area contributed by atoms with E-state index in [0.717, 1.165) is 28.2 Å². The van der Waals surface area contributed by atoms with Gasteiger partial charge >= 0.3 is 0 Å². The number of benzene rings is 3. The highest BCUT2D eigenvalue weighted by atomic mass is 35.5. The summed E-state index contributed by atoms with van der Waals surface area (Å²) >= 11 is 0. The lowest BCUT2D eigenvalue weighted by atomic mass is 10.1. The molecule has 0 fully saturated rings. The molecule has 1 heterocycles. The molecule has 3 aromatic carbocycles. The first kappa shape index (κ1) is 21.6. The Hall–Kier alpha value is -3.10. The second-order valence-electron chi connectivity index (χ2n) is 6.58. The summed E-state index contributed by atoms with van der Waals surface area (Å²) in [6.07, 6.45) is 1.08. The molecule has 4 aromatic rings. The van der Waals surface area contributed by atoms with Gasteiger partial charge in [-0.1, -0.05) is 18.2 Å². The Morgan fingerprint density at radius 3 is 2.43 bits per heavy atom. The van der Waals surface area contributed by atoms with Crippen LogP contribution in [0.5, 0.6) is 5.75 Å². The molecule has 0 unspecified atom stereocenters. The third kappa shape index (κ3) is 4.39. The van der Waals surface area contributed by atoms with E-state index >= 15 is 0 Å². The minimum atomic E-state index is -3.41. The molecule has 6 nitrogen and oxygen atoms in total. The van der Waals surface area contributed by atoms with Gasteiger partial charge in [0.1, 0.15) is 11.6 Å². The zero-order valence-electron chi connectivity index (χ0n) is 16.1. The summed E-state index contributed by atoms with van der Waals surface area (Å²) in [5, 5.41) is 4.98. The first-order valence-corrected chi connectivity index (χ1v) is 10.6. The van der Waals surface area contributed by atoms with Crippen LogP contribution in [0.25, 0.3) is 21.8 Å². The fraction of sp³-hybridized carbons (Fsp3) is 0.0952. The number of hydrogen-bond donors (Lipinski definition) is 2. The van der Waals surface area contributed by atoms with Gasteiger partial charge in [0.15, 0.2) is 0 Å². The average Bonchev–Trinajstić information content (AvgIpc) is 2.67. The third-order valence-electron chi connectivity index (χ3n) is 4.41. The number of para-hydroxylation sites is 1. The number of anilines is 3. The maximum Gasteiger partial charge on any atom is 0.229 e. The van der Waals surface area contributed by atoms with E-state index in [-0.39, 0.29) is 18.2 Å². The molecule has 0 aliphatic heterocycles. The number of aromatic nitrogens is 1. The number of fused-ring (bicyclic) bond motifs is 2. The van der Waals surface area contributed by atoms with Crippen molar-refractivity contribution >= 4 is 61.3 Å². The first-order chi connectivity index (χ1) is 13.8. The number of nitrogens with zero attached hydrogens (tertiary/aromatic N) is 1. The van der Waals surface area contributed by atoms with Gasteiger partial charge in [0.25, 0.3) is 0 Å². The molecular weight excluding hydrogens is 429 g/mol.